The topological polar surface area (TPSA) is 72.3 Å². The van der Waals surface area contributed by atoms with Gasteiger partial charge in [-0.05, 0) is 42.9 Å². The highest BCUT2D eigenvalue weighted by Gasteiger charge is 2.29. The maximum absolute atomic E-state index is 12.2. The van der Waals surface area contributed by atoms with Crippen LogP contribution in [0.5, 0.6) is 5.75 Å². The minimum absolute atomic E-state index is 0.00206. The SMILES string of the molecule is NCC[C@@H](N)c1cc(SC(F)(F)F)ccc1O. The van der Waals surface area contributed by atoms with Crippen LogP contribution in [0.15, 0.2) is 23.1 Å². The molecule has 3 nitrogen and oxygen atoms in total. The molecule has 0 heterocycles. The Morgan fingerprint density at radius 2 is 2.00 bits per heavy atom. The van der Waals surface area contributed by atoms with E-state index < -0.39 is 11.6 Å². The smallest absolute Gasteiger partial charge is 0.446 e. The standard InChI is InChI=1S/C10H13F3N2OS/c11-10(12,13)17-6-1-2-9(16)7(5-6)8(15)3-4-14/h1-2,5,8,16H,3-4,14-15H2/t8-/m1/s1. The summed E-state index contributed by atoms with van der Waals surface area (Å²) >= 11 is -0.239. The van der Waals surface area contributed by atoms with Crippen molar-refractivity contribution < 1.29 is 18.3 Å². The molecule has 1 aromatic rings. The third-order valence-electron chi connectivity index (χ3n) is 2.11. The van der Waals surface area contributed by atoms with Crippen molar-refractivity contribution in [3.05, 3.63) is 23.8 Å². The van der Waals surface area contributed by atoms with Crippen LogP contribution in [-0.2, 0) is 0 Å². The summed E-state index contributed by atoms with van der Waals surface area (Å²) in [5.41, 5.74) is 6.95. The Kier molecular flexibility index (Phi) is 4.67. The molecular weight excluding hydrogens is 253 g/mol. The minimum atomic E-state index is -4.35. The van der Waals surface area contributed by atoms with Crippen LogP contribution in [0.4, 0.5) is 13.2 Å². The normalized spacial score (nSPS) is 13.7. The third-order valence-corrected chi connectivity index (χ3v) is 2.83. The van der Waals surface area contributed by atoms with Gasteiger partial charge < -0.3 is 16.6 Å². The molecule has 0 saturated carbocycles. The molecule has 1 atom stereocenters. The first-order valence-corrected chi connectivity index (χ1v) is 5.69. The van der Waals surface area contributed by atoms with Crippen molar-refractivity contribution in [2.24, 2.45) is 11.5 Å². The van der Waals surface area contributed by atoms with Crippen molar-refractivity contribution in [2.75, 3.05) is 6.54 Å². The second kappa shape index (κ2) is 5.61. The van der Waals surface area contributed by atoms with Gasteiger partial charge in [0.05, 0.1) is 0 Å². The molecule has 0 amide bonds. The van der Waals surface area contributed by atoms with Crippen molar-refractivity contribution >= 4 is 11.8 Å². The Morgan fingerprint density at radius 3 is 2.53 bits per heavy atom. The van der Waals surface area contributed by atoms with Crippen LogP contribution in [0, 0.1) is 0 Å². The largest absolute Gasteiger partial charge is 0.508 e. The first-order chi connectivity index (χ1) is 7.83. The molecular formula is C10H13F3N2OS. The molecule has 0 aliphatic carbocycles. The van der Waals surface area contributed by atoms with Gasteiger partial charge in [0.2, 0.25) is 0 Å². The number of phenolic OH excluding ortho intramolecular Hbond substituents is 1. The Balaban J connectivity index is 2.94. The van der Waals surface area contributed by atoms with E-state index >= 15 is 0 Å². The number of benzene rings is 1. The van der Waals surface area contributed by atoms with Gasteiger partial charge in [-0.25, -0.2) is 0 Å². The van der Waals surface area contributed by atoms with Crippen LogP contribution < -0.4 is 11.5 Å². The van der Waals surface area contributed by atoms with Crippen LogP contribution >= 0.6 is 11.8 Å². The van der Waals surface area contributed by atoms with E-state index in [1.54, 1.807) is 0 Å². The number of phenols is 1. The second-order valence-electron chi connectivity index (χ2n) is 3.45. The zero-order chi connectivity index (χ0) is 13.1. The molecule has 1 aromatic carbocycles. The zero-order valence-electron chi connectivity index (χ0n) is 8.87. The van der Waals surface area contributed by atoms with E-state index in [9.17, 15) is 18.3 Å². The van der Waals surface area contributed by atoms with Crippen LogP contribution in [0.25, 0.3) is 0 Å². The molecule has 0 aliphatic rings. The van der Waals surface area contributed by atoms with Crippen molar-refractivity contribution in [1.82, 2.24) is 0 Å². The fourth-order valence-electron chi connectivity index (χ4n) is 1.36. The molecule has 96 valence electrons. The molecule has 7 heteroatoms. The van der Waals surface area contributed by atoms with Gasteiger partial charge in [0.1, 0.15) is 5.75 Å². The highest BCUT2D eigenvalue weighted by atomic mass is 32.2. The van der Waals surface area contributed by atoms with Crippen molar-refractivity contribution in [3.63, 3.8) is 0 Å². The Hall–Kier alpha value is -0.920. The number of alkyl halides is 3. The molecule has 0 bridgehead atoms. The first kappa shape index (κ1) is 14.1. The molecule has 1 rings (SSSR count). The Morgan fingerprint density at radius 1 is 1.35 bits per heavy atom. The predicted molar refractivity (Wildman–Crippen MR) is 60.6 cm³/mol. The lowest BCUT2D eigenvalue weighted by Crippen LogP contribution is -2.15. The van der Waals surface area contributed by atoms with Gasteiger partial charge >= 0.3 is 5.51 Å². The molecule has 0 saturated heterocycles. The lowest BCUT2D eigenvalue weighted by atomic mass is 10.0. The number of rotatable bonds is 4. The van der Waals surface area contributed by atoms with Gasteiger partial charge in [-0.2, -0.15) is 13.2 Å². The monoisotopic (exact) mass is 266 g/mol. The van der Waals surface area contributed by atoms with E-state index in [0.29, 0.717) is 13.0 Å². The van der Waals surface area contributed by atoms with E-state index in [1.165, 1.54) is 18.2 Å². The van der Waals surface area contributed by atoms with Crippen molar-refractivity contribution in [1.29, 1.82) is 0 Å². The number of thioether (sulfide) groups is 1. The first-order valence-electron chi connectivity index (χ1n) is 4.88. The third kappa shape index (κ3) is 4.45. The van der Waals surface area contributed by atoms with Gasteiger partial charge in [-0.15, -0.1) is 0 Å². The van der Waals surface area contributed by atoms with E-state index in [1.807, 2.05) is 0 Å². The Bertz CT molecular complexity index is 384. The van der Waals surface area contributed by atoms with Crippen molar-refractivity contribution in [3.8, 4) is 5.75 Å². The molecule has 0 unspecified atom stereocenters. The summed E-state index contributed by atoms with van der Waals surface area (Å²) in [7, 11) is 0. The summed E-state index contributed by atoms with van der Waals surface area (Å²) < 4.78 is 36.5. The van der Waals surface area contributed by atoms with E-state index in [2.05, 4.69) is 0 Å². The molecule has 17 heavy (non-hydrogen) atoms. The van der Waals surface area contributed by atoms with Gasteiger partial charge in [0.25, 0.3) is 0 Å². The predicted octanol–water partition coefficient (Wildman–Crippen LogP) is 2.35. The number of hydrogen-bond donors (Lipinski definition) is 3. The highest BCUT2D eigenvalue weighted by Crippen LogP contribution is 2.39. The summed E-state index contributed by atoms with van der Waals surface area (Å²) in [6.07, 6.45) is 0.397. The van der Waals surface area contributed by atoms with Gasteiger partial charge in [0.15, 0.2) is 0 Å². The van der Waals surface area contributed by atoms with Gasteiger partial charge in [0, 0.05) is 16.5 Å². The maximum Gasteiger partial charge on any atom is 0.446 e. The highest BCUT2D eigenvalue weighted by molar-refractivity contribution is 8.00. The van der Waals surface area contributed by atoms with Crippen molar-refractivity contribution in [2.45, 2.75) is 22.9 Å². The minimum Gasteiger partial charge on any atom is -0.508 e. The number of nitrogens with two attached hydrogens (primary N) is 2. The number of aromatic hydroxyl groups is 1. The molecule has 0 spiro atoms. The quantitative estimate of drug-likeness (QED) is 0.731. The molecule has 0 fully saturated rings. The lowest BCUT2D eigenvalue weighted by molar-refractivity contribution is -0.0328. The molecule has 0 radical (unpaired) electrons. The van der Waals surface area contributed by atoms with E-state index in [0.717, 1.165) is 0 Å². The number of hydrogen-bond acceptors (Lipinski definition) is 4. The summed E-state index contributed by atoms with van der Waals surface area (Å²) in [5.74, 6) is -0.113. The van der Waals surface area contributed by atoms with E-state index in [-0.39, 0.29) is 28.0 Å². The summed E-state index contributed by atoms with van der Waals surface area (Å²) in [6, 6.07) is 3.09. The molecule has 5 N–H and O–H groups in total. The van der Waals surface area contributed by atoms with Crippen LogP contribution in [0.1, 0.15) is 18.0 Å². The fraction of sp³-hybridized carbons (Fsp3) is 0.400. The molecule has 0 aliphatic heterocycles. The van der Waals surface area contributed by atoms with E-state index in [4.69, 9.17) is 11.5 Å². The van der Waals surface area contributed by atoms with Crippen LogP contribution in [0.2, 0.25) is 0 Å². The average molecular weight is 266 g/mol. The van der Waals surface area contributed by atoms with Crippen LogP contribution in [0.3, 0.4) is 0 Å². The maximum atomic E-state index is 12.2. The fourth-order valence-corrected chi connectivity index (χ4v) is 1.95. The lowest BCUT2D eigenvalue weighted by Gasteiger charge is -2.14. The second-order valence-corrected chi connectivity index (χ2v) is 4.59. The summed E-state index contributed by atoms with van der Waals surface area (Å²) in [4.78, 5) is -0.00206. The number of halogens is 3. The molecule has 0 aromatic heterocycles. The van der Waals surface area contributed by atoms with Gasteiger partial charge in [-0.1, -0.05) is 0 Å². The summed E-state index contributed by atoms with van der Waals surface area (Å²) in [6.45, 7) is 0.303. The van der Waals surface area contributed by atoms with Gasteiger partial charge in [-0.3, -0.25) is 0 Å². The summed E-state index contributed by atoms with van der Waals surface area (Å²) in [5, 5.41) is 9.52. The van der Waals surface area contributed by atoms with Crippen LogP contribution in [-0.4, -0.2) is 17.2 Å². The Labute approximate surface area is 101 Å². The zero-order valence-corrected chi connectivity index (χ0v) is 9.68. The average Bonchev–Trinajstić information content (AvgIpc) is 2.19.